The van der Waals surface area contributed by atoms with Gasteiger partial charge >= 0.3 is 17.1 Å². The van der Waals surface area contributed by atoms with Crippen molar-refractivity contribution in [3.05, 3.63) is 24.3 Å². The molecule has 0 radical (unpaired) electrons. The summed E-state index contributed by atoms with van der Waals surface area (Å²) in [7, 11) is -5.41. The molecule has 1 rings (SSSR count). The number of rotatable bonds is 10. The highest BCUT2D eigenvalue weighted by molar-refractivity contribution is 6.83. The summed E-state index contributed by atoms with van der Waals surface area (Å²) >= 11 is 0. The molecule has 0 aliphatic heterocycles. The van der Waals surface area contributed by atoms with Gasteiger partial charge in [0.2, 0.25) is 0 Å². The van der Waals surface area contributed by atoms with Crippen LogP contribution in [0.25, 0.3) is 0 Å². The summed E-state index contributed by atoms with van der Waals surface area (Å²) in [6.45, 7) is 29.9. The van der Waals surface area contributed by atoms with Gasteiger partial charge in [-0.25, -0.2) is 0 Å². The molecule has 0 fully saturated rings. The lowest BCUT2D eigenvalue weighted by Crippen LogP contribution is -2.62. The number of benzene rings is 1. The van der Waals surface area contributed by atoms with E-state index in [1.165, 1.54) is 10.4 Å². The predicted octanol–water partition coefficient (Wildman–Crippen LogP) is 7.07. The summed E-state index contributed by atoms with van der Waals surface area (Å²) in [4.78, 5) is 0. The quantitative estimate of drug-likeness (QED) is 0.316. The van der Waals surface area contributed by atoms with Crippen molar-refractivity contribution in [3.8, 4) is 0 Å². The highest BCUT2D eigenvalue weighted by Gasteiger charge is 2.48. The Kier molecular flexibility index (Phi) is 10.4. The molecular formula is C28H54O4Si2. The standard InChI is InChI=1S/C28H54O4Si2/c1-15-21-33(29-25(3,4)5,30-26(6,7)8)23-17-19-24(20-18-23)34(22-16-2,31-27(9,10)11)32-28(12,13)14/h17-20H,15-16,21-22H2,1-14H3. The predicted molar refractivity (Wildman–Crippen MR) is 151 cm³/mol. The molecule has 0 N–H and O–H groups in total. The van der Waals surface area contributed by atoms with E-state index in [0.29, 0.717) is 0 Å². The number of hydrogen-bond donors (Lipinski definition) is 0. The first-order valence-electron chi connectivity index (χ1n) is 13.1. The zero-order valence-electron chi connectivity index (χ0n) is 24.8. The Morgan fingerprint density at radius 3 is 0.824 bits per heavy atom. The molecule has 34 heavy (non-hydrogen) atoms. The molecule has 0 aromatic heterocycles. The Bertz CT molecular complexity index is 650. The van der Waals surface area contributed by atoms with Gasteiger partial charge in [0.05, 0.1) is 22.4 Å². The summed E-state index contributed by atoms with van der Waals surface area (Å²) < 4.78 is 27.3. The molecule has 0 saturated carbocycles. The van der Waals surface area contributed by atoms with Gasteiger partial charge in [0.25, 0.3) is 0 Å². The van der Waals surface area contributed by atoms with E-state index in [1.807, 2.05) is 0 Å². The fraction of sp³-hybridized carbons (Fsp3) is 0.786. The lowest BCUT2D eigenvalue weighted by molar-refractivity contribution is 0.0203. The molecule has 0 aliphatic rings. The van der Waals surface area contributed by atoms with Crippen LogP contribution < -0.4 is 10.4 Å². The summed E-state index contributed by atoms with van der Waals surface area (Å²) in [6, 6.07) is 10.7. The van der Waals surface area contributed by atoms with Crippen molar-refractivity contribution >= 4 is 27.5 Å². The van der Waals surface area contributed by atoms with E-state index in [9.17, 15) is 0 Å². The monoisotopic (exact) mass is 510 g/mol. The van der Waals surface area contributed by atoms with E-state index in [0.717, 1.165) is 24.9 Å². The van der Waals surface area contributed by atoms with Crippen LogP contribution in [0.4, 0.5) is 0 Å². The van der Waals surface area contributed by atoms with Crippen molar-refractivity contribution in [3.63, 3.8) is 0 Å². The molecule has 1 aromatic rings. The third-order valence-corrected chi connectivity index (χ3v) is 13.3. The topological polar surface area (TPSA) is 36.9 Å². The third-order valence-electron chi connectivity index (χ3n) is 4.81. The SMILES string of the molecule is CCC[Si](OC(C)(C)C)(OC(C)(C)C)c1ccc([Si](CCC)(OC(C)(C)C)OC(C)(C)C)cc1. The third kappa shape index (κ3) is 10.2. The van der Waals surface area contributed by atoms with Crippen molar-refractivity contribution in [2.45, 2.75) is 144 Å². The van der Waals surface area contributed by atoms with E-state index in [1.54, 1.807) is 0 Å². The summed E-state index contributed by atoms with van der Waals surface area (Å²) in [5.41, 5.74) is -1.18. The fourth-order valence-electron chi connectivity index (χ4n) is 4.38. The molecule has 0 spiro atoms. The molecule has 198 valence electrons. The van der Waals surface area contributed by atoms with Crippen LogP contribution >= 0.6 is 0 Å². The Morgan fingerprint density at radius 2 is 0.676 bits per heavy atom. The van der Waals surface area contributed by atoms with Gasteiger partial charge in [0.1, 0.15) is 0 Å². The van der Waals surface area contributed by atoms with Gasteiger partial charge in [-0.3, -0.25) is 0 Å². The van der Waals surface area contributed by atoms with Crippen molar-refractivity contribution in [2.24, 2.45) is 0 Å². The van der Waals surface area contributed by atoms with E-state index in [4.69, 9.17) is 17.7 Å². The summed E-state index contributed by atoms with van der Waals surface area (Å²) in [5.74, 6) is 0. The van der Waals surface area contributed by atoms with Crippen LogP contribution in [0.2, 0.25) is 12.1 Å². The minimum absolute atomic E-state index is 0.295. The zero-order chi connectivity index (χ0) is 26.6. The molecular weight excluding hydrogens is 456 g/mol. The lowest BCUT2D eigenvalue weighted by Gasteiger charge is -2.43. The van der Waals surface area contributed by atoms with Crippen molar-refractivity contribution in [1.82, 2.24) is 0 Å². The first-order valence-corrected chi connectivity index (χ1v) is 17.1. The number of hydrogen-bond acceptors (Lipinski definition) is 4. The largest absolute Gasteiger partial charge is 0.386 e. The normalized spacial score (nSPS) is 14.5. The molecule has 0 heterocycles. The first kappa shape index (κ1) is 31.5. The molecule has 0 aliphatic carbocycles. The average Bonchev–Trinajstić information content (AvgIpc) is 2.56. The second-order valence-corrected chi connectivity index (χ2v) is 19.4. The van der Waals surface area contributed by atoms with Gasteiger partial charge in [-0.2, -0.15) is 0 Å². The minimum Gasteiger partial charge on any atom is -0.386 e. The molecule has 0 unspecified atom stereocenters. The Balaban J connectivity index is 3.67. The second kappa shape index (κ2) is 11.3. The maximum Gasteiger partial charge on any atom is 0.373 e. The Hall–Kier alpha value is -0.506. The van der Waals surface area contributed by atoms with Crippen LogP contribution in [0.1, 0.15) is 110 Å². The second-order valence-electron chi connectivity index (χ2n) is 13.4. The van der Waals surface area contributed by atoms with Gasteiger partial charge < -0.3 is 17.7 Å². The fourth-order valence-corrected chi connectivity index (χ4v) is 12.5. The molecule has 1 aromatic carbocycles. The smallest absolute Gasteiger partial charge is 0.373 e. The van der Waals surface area contributed by atoms with E-state index < -0.39 is 17.1 Å². The van der Waals surface area contributed by atoms with Crippen LogP contribution in [0, 0.1) is 0 Å². The van der Waals surface area contributed by atoms with E-state index in [-0.39, 0.29) is 22.4 Å². The van der Waals surface area contributed by atoms with Crippen LogP contribution in [0.3, 0.4) is 0 Å². The van der Waals surface area contributed by atoms with Crippen molar-refractivity contribution in [1.29, 1.82) is 0 Å². The van der Waals surface area contributed by atoms with Gasteiger partial charge in [-0.1, -0.05) is 51.0 Å². The summed E-state index contributed by atoms with van der Waals surface area (Å²) in [6.07, 6.45) is 2.02. The zero-order valence-corrected chi connectivity index (χ0v) is 26.8. The van der Waals surface area contributed by atoms with Gasteiger partial charge in [-0.15, -0.1) is 0 Å². The van der Waals surface area contributed by atoms with Crippen LogP contribution in [-0.2, 0) is 17.7 Å². The van der Waals surface area contributed by atoms with Crippen LogP contribution in [0.15, 0.2) is 24.3 Å². The van der Waals surface area contributed by atoms with Crippen LogP contribution in [-0.4, -0.2) is 39.5 Å². The maximum atomic E-state index is 6.83. The van der Waals surface area contributed by atoms with Gasteiger partial charge in [0, 0.05) is 0 Å². The Labute approximate surface area is 213 Å². The lowest BCUT2D eigenvalue weighted by atomic mass is 10.2. The van der Waals surface area contributed by atoms with Gasteiger partial charge in [0.15, 0.2) is 0 Å². The molecule has 0 amide bonds. The molecule has 0 bridgehead atoms. The van der Waals surface area contributed by atoms with E-state index in [2.05, 4.69) is 121 Å². The Morgan fingerprint density at radius 1 is 0.471 bits per heavy atom. The first-order chi connectivity index (χ1) is 15.2. The molecule has 0 saturated heterocycles. The van der Waals surface area contributed by atoms with E-state index >= 15 is 0 Å². The van der Waals surface area contributed by atoms with Crippen LogP contribution in [0.5, 0.6) is 0 Å². The maximum absolute atomic E-state index is 6.83. The highest BCUT2D eigenvalue weighted by atomic mass is 28.4. The average molecular weight is 511 g/mol. The van der Waals surface area contributed by atoms with Crippen molar-refractivity contribution < 1.29 is 17.7 Å². The molecule has 0 atom stereocenters. The molecule has 4 nitrogen and oxygen atoms in total. The summed E-state index contributed by atoms with van der Waals surface area (Å²) in [5, 5.41) is 2.35. The van der Waals surface area contributed by atoms with Crippen molar-refractivity contribution in [2.75, 3.05) is 0 Å². The van der Waals surface area contributed by atoms with Gasteiger partial charge in [-0.05, 0) is 106 Å². The minimum atomic E-state index is -2.70. The molecule has 6 heteroatoms. The highest BCUT2D eigenvalue weighted by Crippen LogP contribution is 2.30.